The van der Waals surface area contributed by atoms with E-state index in [4.69, 9.17) is 4.74 Å². The van der Waals surface area contributed by atoms with Crippen molar-refractivity contribution >= 4 is 11.6 Å². The quantitative estimate of drug-likeness (QED) is 0.590. The summed E-state index contributed by atoms with van der Waals surface area (Å²) in [4.78, 5) is 16.2. The molecule has 3 aliphatic heterocycles. The molecule has 0 radical (unpaired) electrons. The van der Waals surface area contributed by atoms with Crippen molar-refractivity contribution in [2.75, 3.05) is 46.9 Å². The van der Waals surface area contributed by atoms with Crippen molar-refractivity contribution in [3.8, 4) is 0 Å². The number of rotatable bonds is 6. The number of ether oxygens (including phenoxy) is 1. The van der Waals surface area contributed by atoms with Crippen molar-refractivity contribution in [1.29, 1.82) is 0 Å². The third-order valence-corrected chi connectivity index (χ3v) is 7.70. The van der Waals surface area contributed by atoms with Crippen LogP contribution in [0.2, 0.25) is 0 Å². The molecular formula is C26H40FN5O2. The summed E-state index contributed by atoms with van der Waals surface area (Å²) in [7, 11) is 3.31. The monoisotopic (exact) mass is 473 g/mol. The van der Waals surface area contributed by atoms with Gasteiger partial charge in [0.25, 0.3) is 5.91 Å². The molecule has 8 heteroatoms. The highest BCUT2D eigenvalue weighted by Crippen LogP contribution is 2.39. The third kappa shape index (κ3) is 5.08. The highest BCUT2D eigenvalue weighted by atomic mass is 19.1. The maximum atomic E-state index is 14.7. The van der Waals surface area contributed by atoms with Gasteiger partial charge in [0.2, 0.25) is 0 Å². The van der Waals surface area contributed by atoms with E-state index in [2.05, 4.69) is 21.1 Å². The second kappa shape index (κ2) is 9.96. The Balaban J connectivity index is 0.00000180. The van der Waals surface area contributed by atoms with Crippen LogP contribution in [0.15, 0.2) is 36.2 Å². The second-order valence-electron chi connectivity index (χ2n) is 10.4. The first-order chi connectivity index (χ1) is 16.5. The lowest BCUT2D eigenvalue weighted by Gasteiger charge is -2.28. The molecule has 4 aliphatic rings. The number of amides is 1. The molecule has 1 aromatic carbocycles. The van der Waals surface area contributed by atoms with Gasteiger partial charge in [0.15, 0.2) is 0 Å². The van der Waals surface area contributed by atoms with E-state index in [1.807, 2.05) is 12.2 Å². The number of likely N-dealkylation sites (tertiary alicyclic amines) is 1. The molecule has 188 valence electrons. The number of benzene rings is 1. The van der Waals surface area contributed by atoms with Gasteiger partial charge in [-0.25, -0.2) is 4.39 Å². The average molecular weight is 474 g/mol. The van der Waals surface area contributed by atoms with Crippen molar-refractivity contribution in [1.82, 2.24) is 26.0 Å². The lowest BCUT2D eigenvalue weighted by Crippen LogP contribution is -2.42. The molecule has 1 aromatic rings. The summed E-state index contributed by atoms with van der Waals surface area (Å²) in [5.41, 5.74) is 7.68. The zero-order valence-electron chi connectivity index (χ0n) is 20.1. The fourth-order valence-electron chi connectivity index (χ4n) is 5.93. The summed E-state index contributed by atoms with van der Waals surface area (Å²) in [5, 5.41) is 3.63. The van der Waals surface area contributed by atoms with Gasteiger partial charge in [0.05, 0.1) is 5.70 Å². The number of hydrogen-bond donors (Lipinski definition) is 3. The zero-order valence-corrected chi connectivity index (χ0v) is 20.1. The molecule has 1 aliphatic carbocycles. The SMILES string of the molecule is CN(C)C(=O)c1ccc(C2=CC=C(NC3CC4CN(CC5CCOCC5)C[C@H]4C3)NN2)c(F)c1.[HH].[HH]. The molecule has 2 saturated heterocycles. The zero-order chi connectivity index (χ0) is 23.7. The molecule has 7 nitrogen and oxygen atoms in total. The summed E-state index contributed by atoms with van der Waals surface area (Å²) in [5.74, 6) is 2.63. The van der Waals surface area contributed by atoms with Gasteiger partial charge < -0.3 is 19.9 Å². The van der Waals surface area contributed by atoms with Crippen molar-refractivity contribution in [3.63, 3.8) is 0 Å². The van der Waals surface area contributed by atoms with Crippen LogP contribution in [0.4, 0.5) is 4.39 Å². The number of fused-ring (bicyclic) bond motifs is 1. The first kappa shape index (κ1) is 23.2. The predicted molar refractivity (Wildman–Crippen MR) is 134 cm³/mol. The largest absolute Gasteiger partial charge is 0.381 e. The van der Waals surface area contributed by atoms with Crippen LogP contribution in [0.1, 0.15) is 44.5 Å². The van der Waals surface area contributed by atoms with Gasteiger partial charge >= 0.3 is 0 Å². The Morgan fingerprint density at radius 3 is 2.53 bits per heavy atom. The van der Waals surface area contributed by atoms with Crippen molar-refractivity contribution in [3.05, 3.63) is 53.1 Å². The molecule has 0 spiro atoms. The number of hydrogen-bond acceptors (Lipinski definition) is 6. The van der Waals surface area contributed by atoms with E-state index in [0.717, 1.165) is 36.8 Å². The van der Waals surface area contributed by atoms with E-state index in [1.54, 1.807) is 26.2 Å². The van der Waals surface area contributed by atoms with Gasteiger partial charge in [-0.05, 0) is 73.8 Å². The van der Waals surface area contributed by atoms with Crippen molar-refractivity contribution < 1.29 is 16.8 Å². The molecule has 1 amide bonds. The van der Waals surface area contributed by atoms with E-state index < -0.39 is 5.82 Å². The number of halogens is 1. The number of hydrazine groups is 1. The molecule has 34 heavy (non-hydrogen) atoms. The van der Waals surface area contributed by atoms with E-state index in [9.17, 15) is 9.18 Å². The normalized spacial score (nSPS) is 27.3. The van der Waals surface area contributed by atoms with Crippen LogP contribution in [0.3, 0.4) is 0 Å². The molecule has 3 N–H and O–H groups in total. The third-order valence-electron chi connectivity index (χ3n) is 7.70. The van der Waals surface area contributed by atoms with Gasteiger partial charge in [0, 0.05) is 67.0 Å². The number of nitrogens with one attached hydrogen (secondary N) is 3. The Labute approximate surface area is 204 Å². The summed E-state index contributed by atoms with van der Waals surface area (Å²) >= 11 is 0. The van der Waals surface area contributed by atoms with Crippen LogP contribution >= 0.6 is 0 Å². The molecule has 5 rings (SSSR count). The number of nitrogens with zero attached hydrogens (tertiary/aromatic N) is 2. The Kier molecular flexibility index (Phi) is 6.79. The summed E-state index contributed by atoms with van der Waals surface area (Å²) in [6, 6.07) is 5.05. The Hall–Kier alpha value is -2.58. The molecule has 3 atom stereocenters. The molecule has 3 heterocycles. The fourth-order valence-corrected chi connectivity index (χ4v) is 5.93. The Bertz CT molecular complexity index is 969. The Morgan fingerprint density at radius 1 is 1.18 bits per heavy atom. The van der Waals surface area contributed by atoms with Gasteiger partial charge in [-0.3, -0.25) is 15.6 Å². The second-order valence-corrected chi connectivity index (χ2v) is 10.4. The summed E-state index contributed by atoms with van der Waals surface area (Å²) in [6.07, 6.45) is 8.63. The first-order valence-electron chi connectivity index (χ1n) is 12.5. The van der Waals surface area contributed by atoms with Gasteiger partial charge in [-0.15, -0.1) is 0 Å². The van der Waals surface area contributed by atoms with Gasteiger partial charge in [-0.2, -0.15) is 0 Å². The van der Waals surface area contributed by atoms with Crippen molar-refractivity contribution in [2.24, 2.45) is 17.8 Å². The van der Waals surface area contributed by atoms with Gasteiger partial charge in [-0.1, -0.05) is 0 Å². The van der Waals surface area contributed by atoms with E-state index in [1.165, 1.54) is 56.3 Å². The molecule has 2 unspecified atom stereocenters. The first-order valence-corrected chi connectivity index (χ1v) is 12.5. The molecule has 1 saturated carbocycles. The number of carbonyl (C=O) groups is 1. The lowest BCUT2D eigenvalue weighted by molar-refractivity contribution is 0.0545. The minimum Gasteiger partial charge on any atom is -0.381 e. The highest BCUT2D eigenvalue weighted by Gasteiger charge is 2.41. The minimum absolute atomic E-state index is 0. The highest BCUT2D eigenvalue weighted by molar-refractivity contribution is 5.94. The molecular weight excluding hydrogens is 433 g/mol. The minimum atomic E-state index is -0.424. The standard InChI is InChI=1S/C26H36FN5O2.2H2/c1-31(2)26(33)18-3-4-22(23(27)13-18)24-5-6-25(30-29-24)28-21-11-19-15-32(16-20(19)12-21)14-17-7-9-34-10-8-17;;/h3-6,13,17,19-21,28-30H,7-12,14-16H2,1-2H3;2*1H/t19-,20?,21?;;/m1../s1. The number of carbonyl (C=O) groups excluding carboxylic acids is 1. The van der Waals surface area contributed by atoms with Crippen LogP contribution in [0.25, 0.3) is 5.70 Å². The fraction of sp³-hybridized carbons (Fsp3) is 0.577. The molecule has 0 aromatic heterocycles. The maximum absolute atomic E-state index is 14.7. The maximum Gasteiger partial charge on any atom is 0.253 e. The lowest BCUT2D eigenvalue weighted by atomic mass is 10.00. The average Bonchev–Trinajstić information content (AvgIpc) is 3.37. The smallest absolute Gasteiger partial charge is 0.253 e. The summed E-state index contributed by atoms with van der Waals surface area (Å²) in [6.45, 7) is 5.54. The topological polar surface area (TPSA) is 68.9 Å². The Morgan fingerprint density at radius 2 is 1.91 bits per heavy atom. The predicted octanol–water partition coefficient (Wildman–Crippen LogP) is 3.04. The van der Waals surface area contributed by atoms with E-state index in [0.29, 0.717) is 22.9 Å². The van der Waals surface area contributed by atoms with E-state index >= 15 is 0 Å². The summed E-state index contributed by atoms with van der Waals surface area (Å²) < 4.78 is 20.2. The van der Waals surface area contributed by atoms with Crippen LogP contribution in [0, 0.1) is 23.6 Å². The van der Waals surface area contributed by atoms with Gasteiger partial charge in [0.1, 0.15) is 11.6 Å². The van der Waals surface area contributed by atoms with Crippen molar-refractivity contribution in [2.45, 2.75) is 31.7 Å². The molecule has 0 bridgehead atoms. The van der Waals surface area contributed by atoms with Crippen LogP contribution in [-0.4, -0.2) is 68.7 Å². The van der Waals surface area contributed by atoms with E-state index in [-0.39, 0.29) is 8.76 Å². The van der Waals surface area contributed by atoms with Crippen LogP contribution < -0.4 is 16.2 Å². The van der Waals surface area contributed by atoms with Crippen LogP contribution in [0.5, 0.6) is 0 Å². The molecule has 3 fully saturated rings. The van der Waals surface area contributed by atoms with Crippen LogP contribution in [-0.2, 0) is 4.74 Å². The number of allylic oxidation sites excluding steroid dienone is 2.